The highest BCUT2D eigenvalue weighted by Gasteiger charge is 2.56. The number of aryl methyl sites for hydroxylation is 1. The average molecular weight is 313 g/mol. The largest absolute Gasteiger partial charge is 0.389 e. The van der Waals surface area contributed by atoms with Gasteiger partial charge in [0.2, 0.25) is 0 Å². The van der Waals surface area contributed by atoms with E-state index in [1.807, 2.05) is 12.3 Å². The quantitative estimate of drug-likeness (QED) is 0.920. The van der Waals surface area contributed by atoms with E-state index in [0.29, 0.717) is 5.92 Å². The van der Waals surface area contributed by atoms with E-state index in [1.54, 1.807) is 11.3 Å². The molecule has 2 saturated carbocycles. The van der Waals surface area contributed by atoms with E-state index in [9.17, 15) is 9.90 Å². The average Bonchev–Trinajstić information content (AvgIpc) is 3.44. The maximum atomic E-state index is 12.1. The van der Waals surface area contributed by atoms with Gasteiger partial charge in [0.1, 0.15) is 6.61 Å². The molecule has 3 atom stereocenters. The van der Waals surface area contributed by atoms with Gasteiger partial charge in [-0.2, -0.15) is 0 Å². The van der Waals surface area contributed by atoms with E-state index in [0.717, 1.165) is 0 Å². The van der Waals surface area contributed by atoms with Crippen molar-refractivity contribution in [1.29, 1.82) is 0 Å². The first-order valence-electron chi connectivity index (χ1n) is 7.85. The Hall–Kier alpha value is -1.52. The third kappa shape index (κ3) is 2.40. The van der Waals surface area contributed by atoms with Crippen LogP contribution in [0.1, 0.15) is 51.6 Å². The summed E-state index contributed by atoms with van der Waals surface area (Å²) in [5.74, 6) is 0.947. The van der Waals surface area contributed by atoms with E-state index >= 15 is 0 Å². The molecule has 2 fully saturated rings. The van der Waals surface area contributed by atoms with Crippen LogP contribution in [0.15, 0.2) is 30.5 Å². The third-order valence-electron chi connectivity index (χ3n) is 4.82. The summed E-state index contributed by atoms with van der Waals surface area (Å²) in [7, 11) is 0. The second kappa shape index (κ2) is 5.28. The fraction of sp³-hybridized carbons (Fsp3) is 0.444. The number of carbonyl (C=O) groups excluding carboxylic acids is 1. The number of Topliss-reactive ketones (excluding diaryl/α,β-unsaturated/α-hetero) is 1. The lowest BCUT2D eigenvalue weighted by Gasteiger charge is -2.03. The summed E-state index contributed by atoms with van der Waals surface area (Å²) in [6.45, 7) is 1.73. The lowest BCUT2D eigenvalue weighted by molar-refractivity contribution is -0.123. The molecule has 0 saturated heterocycles. The molecule has 0 amide bonds. The van der Waals surface area contributed by atoms with Crippen LogP contribution in [-0.2, 0) is 4.79 Å². The van der Waals surface area contributed by atoms with Crippen LogP contribution in [-0.4, -0.2) is 22.5 Å². The number of ketones is 1. The Morgan fingerprint density at radius 1 is 1.32 bits per heavy atom. The zero-order valence-corrected chi connectivity index (χ0v) is 13.3. The second-order valence-corrected chi connectivity index (χ2v) is 7.76. The van der Waals surface area contributed by atoms with E-state index in [1.165, 1.54) is 33.9 Å². The van der Waals surface area contributed by atoms with Crippen LogP contribution in [0.2, 0.25) is 0 Å². The fourth-order valence-electron chi connectivity index (χ4n) is 3.49. The van der Waals surface area contributed by atoms with Crippen LogP contribution in [0.4, 0.5) is 0 Å². The van der Waals surface area contributed by atoms with Gasteiger partial charge in [-0.25, -0.2) is 0 Å². The molecule has 0 radical (unpaired) electrons. The molecule has 0 spiro atoms. The van der Waals surface area contributed by atoms with Crippen LogP contribution >= 0.6 is 11.3 Å². The van der Waals surface area contributed by atoms with Crippen molar-refractivity contribution in [3.05, 3.63) is 51.5 Å². The molecular weight excluding hydrogens is 294 g/mol. The van der Waals surface area contributed by atoms with Crippen molar-refractivity contribution >= 4 is 17.1 Å². The Balaban J connectivity index is 1.66. The molecule has 0 bridgehead atoms. The van der Waals surface area contributed by atoms with Crippen molar-refractivity contribution in [3.63, 3.8) is 0 Å². The van der Waals surface area contributed by atoms with Crippen LogP contribution in [0.5, 0.6) is 0 Å². The Bertz CT molecular complexity index is 719. The van der Waals surface area contributed by atoms with Crippen molar-refractivity contribution in [2.45, 2.75) is 37.5 Å². The van der Waals surface area contributed by atoms with Gasteiger partial charge in [-0.3, -0.25) is 9.78 Å². The standard InChI is InChI=1S/C18H19NO2S/c1-10-2-5-15(22-10)18-16(17(18)14(21)9-20)12-6-7-19-13(8-12)11-3-4-11/h2,5-8,11,16-18,20H,3-4,9H2,1H3/t16-,17-,18+/m0/s1. The Morgan fingerprint density at radius 2 is 2.14 bits per heavy atom. The molecule has 2 aromatic rings. The number of hydrogen-bond donors (Lipinski definition) is 1. The van der Waals surface area contributed by atoms with Crippen molar-refractivity contribution in [2.75, 3.05) is 6.61 Å². The molecule has 2 aliphatic carbocycles. The monoisotopic (exact) mass is 313 g/mol. The van der Waals surface area contributed by atoms with E-state index < -0.39 is 0 Å². The number of hydrogen-bond acceptors (Lipinski definition) is 4. The maximum absolute atomic E-state index is 12.1. The van der Waals surface area contributed by atoms with Crippen molar-refractivity contribution in [3.8, 4) is 0 Å². The zero-order chi connectivity index (χ0) is 15.3. The normalized spacial score (nSPS) is 26.9. The smallest absolute Gasteiger partial charge is 0.162 e. The SMILES string of the molecule is Cc1ccc([C@H]2[C@@H](C(=O)CO)[C@@H]2c2ccnc(C3CC3)c2)s1. The molecule has 1 N–H and O–H groups in total. The number of pyridine rings is 1. The van der Waals surface area contributed by atoms with Crippen molar-refractivity contribution < 1.29 is 9.90 Å². The number of aliphatic hydroxyl groups is 1. The summed E-state index contributed by atoms with van der Waals surface area (Å²) in [4.78, 5) is 19.1. The highest BCUT2D eigenvalue weighted by Crippen LogP contribution is 2.62. The number of rotatable bonds is 5. The topological polar surface area (TPSA) is 50.2 Å². The lowest BCUT2D eigenvalue weighted by Crippen LogP contribution is -2.08. The van der Waals surface area contributed by atoms with Gasteiger partial charge in [0, 0.05) is 45.3 Å². The first kappa shape index (κ1) is 14.1. The van der Waals surface area contributed by atoms with Crippen molar-refractivity contribution in [1.82, 2.24) is 4.98 Å². The summed E-state index contributed by atoms with van der Waals surface area (Å²) >= 11 is 1.76. The molecule has 0 aromatic carbocycles. The fourth-order valence-corrected chi connectivity index (χ4v) is 4.57. The molecule has 114 valence electrons. The molecular formula is C18H19NO2S. The molecule has 4 heteroatoms. The van der Waals surface area contributed by atoms with E-state index in [-0.39, 0.29) is 30.1 Å². The molecule has 4 rings (SSSR count). The molecule has 2 aromatic heterocycles. The van der Waals surface area contributed by atoms with Crippen molar-refractivity contribution in [2.24, 2.45) is 5.92 Å². The summed E-state index contributed by atoms with van der Waals surface area (Å²) in [6, 6.07) is 8.46. The Kier molecular flexibility index (Phi) is 3.39. The van der Waals surface area contributed by atoms with Gasteiger partial charge < -0.3 is 5.11 Å². The van der Waals surface area contributed by atoms with E-state index in [4.69, 9.17) is 0 Å². The number of thiophene rings is 1. The molecule has 22 heavy (non-hydrogen) atoms. The summed E-state index contributed by atoms with van der Waals surface area (Å²) in [5.41, 5.74) is 2.38. The minimum absolute atomic E-state index is 0.0363. The van der Waals surface area contributed by atoms with Gasteiger partial charge in [0.05, 0.1) is 0 Å². The van der Waals surface area contributed by atoms with Gasteiger partial charge in [-0.05, 0) is 49.6 Å². The van der Waals surface area contributed by atoms with Gasteiger partial charge in [-0.15, -0.1) is 11.3 Å². The third-order valence-corrected chi connectivity index (χ3v) is 5.92. The Labute approximate surface area is 134 Å². The molecule has 2 heterocycles. The zero-order valence-electron chi connectivity index (χ0n) is 12.5. The number of nitrogens with zero attached hydrogens (tertiary/aromatic N) is 1. The van der Waals surface area contributed by atoms with Crippen LogP contribution in [0.25, 0.3) is 0 Å². The van der Waals surface area contributed by atoms with Crippen LogP contribution < -0.4 is 0 Å². The summed E-state index contributed by atoms with van der Waals surface area (Å²) in [5, 5.41) is 9.27. The summed E-state index contributed by atoms with van der Waals surface area (Å²) in [6.07, 6.45) is 4.33. The maximum Gasteiger partial charge on any atom is 0.162 e. The minimum atomic E-state index is -0.359. The van der Waals surface area contributed by atoms with Gasteiger partial charge in [-0.1, -0.05) is 0 Å². The minimum Gasteiger partial charge on any atom is -0.389 e. The highest BCUT2D eigenvalue weighted by atomic mass is 32.1. The lowest BCUT2D eigenvalue weighted by atomic mass is 10.1. The number of carbonyl (C=O) groups is 1. The predicted molar refractivity (Wildman–Crippen MR) is 86.3 cm³/mol. The molecule has 2 aliphatic rings. The molecule has 0 aliphatic heterocycles. The van der Waals surface area contributed by atoms with Crippen LogP contribution in [0.3, 0.4) is 0 Å². The second-order valence-electron chi connectivity index (χ2n) is 6.44. The number of aromatic nitrogens is 1. The number of aliphatic hydroxyl groups excluding tert-OH is 1. The van der Waals surface area contributed by atoms with E-state index in [2.05, 4.69) is 30.1 Å². The van der Waals surface area contributed by atoms with Gasteiger partial charge >= 0.3 is 0 Å². The van der Waals surface area contributed by atoms with Gasteiger partial charge in [0.15, 0.2) is 5.78 Å². The summed E-state index contributed by atoms with van der Waals surface area (Å²) < 4.78 is 0. The predicted octanol–water partition coefficient (Wildman–Crippen LogP) is 3.39. The van der Waals surface area contributed by atoms with Crippen LogP contribution in [0, 0.1) is 12.8 Å². The first-order valence-corrected chi connectivity index (χ1v) is 8.66. The van der Waals surface area contributed by atoms with Gasteiger partial charge in [0.25, 0.3) is 0 Å². The Morgan fingerprint density at radius 3 is 2.77 bits per heavy atom. The first-order chi connectivity index (χ1) is 10.7. The molecule has 3 nitrogen and oxygen atoms in total. The highest BCUT2D eigenvalue weighted by molar-refractivity contribution is 7.12. The molecule has 0 unspecified atom stereocenters.